The van der Waals surface area contributed by atoms with Gasteiger partial charge < -0.3 is 0 Å². The van der Waals surface area contributed by atoms with Crippen molar-refractivity contribution < 1.29 is 8.42 Å². The minimum Gasteiger partial charge on any atom is -0.256 e. The first-order valence-corrected chi connectivity index (χ1v) is 8.41. The Balaban J connectivity index is 2.25. The van der Waals surface area contributed by atoms with Gasteiger partial charge in [0.15, 0.2) is 5.03 Å². The van der Waals surface area contributed by atoms with Crippen molar-refractivity contribution in [3.63, 3.8) is 0 Å². The van der Waals surface area contributed by atoms with Crippen molar-refractivity contribution in [3.05, 3.63) is 12.3 Å². The average molecular weight is 296 g/mol. The maximum atomic E-state index is 12.4. The van der Waals surface area contributed by atoms with Gasteiger partial charge in [-0.15, -0.1) is 0 Å². The van der Waals surface area contributed by atoms with Crippen molar-refractivity contribution >= 4 is 10.0 Å². The fourth-order valence-corrected chi connectivity index (χ4v) is 4.18. The van der Waals surface area contributed by atoms with E-state index in [0.29, 0.717) is 12.8 Å². The number of hydrogen-bond donors (Lipinski definition) is 1. The van der Waals surface area contributed by atoms with Gasteiger partial charge in [0.2, 0.25) is 0 Å². The zero-order valence-corrected chi connectivity index (χ0v) is 12.5. The molecule has 1 aliphatic carbocycles. The van der Waals surface area contributed by atoms with Crippen LogP contribution in [0.5, 0.6) is 0 Å². The summed E-state index contributed by atoms with van der Waals surface area (Å²) in [5.74, 6) is 0. The maximum Gasteiger partial charge on any atom is 0.259 e. The molecule has 0 amide bonds. The smallest absolute Gasteiger partial charge is 0.256 e. The molecular formula is C13H20N4O2S. The number of nitrogens with zero attached hydrogens (tertiary/aromatic N) is 3. The highest BCUT2D eigenvalue weighted by Crippen LogP contribution is 2.27. The van der Waals surface area contributed by atoms with Crippen molar-refractivity contribution in [3.8, 4) is 6.07 Å². The van der Waals surface area contributed by atoms with Crippen molar-refractivity contribution in [1.82, 2.24) is 14.5 Å². The van der Waals surface area contributed by atoms with Crippen molar-refractivity contribution in [1.29, 1.82) is 5.26 Å². The minimum atomic E-state index is -3.72. The molecule has 7 heteroatoms. The average Bonchev–Trinajstić information content (AvgIpc) is 2.80. The molecule has 1 aromatic heterocycles. The molecule has 0 unspecified atom stereocenters. The Bertz CT molecular complexity index is 592. The van der Waals surface area contributed by atoms with Gasteiger partial charge in [-0.1, -0.05) is 32.1 Å². The Kier molecular flexibility index (Phi) is 4.45. The third-order valence-electron chi connectivity index (χ3n) is 3.80. The summed E-state index contributed by atoms with van der Waals surface area (Å²) in [5.41, 5.74) is -0.983. The van der Waals surface area contributed by atoms with E-state index in [1.54, 1.807) is 7.05 Å². The number of sulfonamides is 1. The number of rotatable bonds is 3. The molecule has 1 fully saturated rings. The van der Waals surface area contributed by atoms with Crippen LogP contribution in [0.3, 0.4) is 0 Å². The van der Waals surface area contributed by atoms with Crippen LogP contribution in [0, 0.1) is 11.3 Å². The number of hydrogen-bond acceptors (Lipinski definition) is 4. The molecule has 1 heterocycles. The lowest BCUT2D eigenvalue weighted by Gasteiger charge is -2.29. The van der Waals surface area contributed by atoms with Crippen LogP contribution in [0.1, 0.15) is 44.9 Å². The molecule has 1 aromatic rings. The monoisotopic (exact) mass is 296 g/mol. The first-order valence-electron chi connectivity index (χ1n) is 6.92. The minimum absolute atomic E-state index is 0.0918. The fourth-order valence-electron chi connectivity index (χ4n) is 2.68. The van der Waals surface area contributed by atoms with Gasteiger partial charge in [-0.25, -0.2) is 8.42 Å². The van der Waals surface area contributed by atoms with Gasteiger partial charge in [0.05, 0.1) is 12.3 Å². The molecule has 0 saturated heterocycles. The van der Waals surface area contributed by atoms with E-state index in [0.717, 1.165) is 32.1 Å². The molecule has 0 radical (unpaired) electrons. The molecule has 1 aliphatic rings. The van der Waals surface area contributed by atoms with E-state index in [1.807, 2.05) is 0 Å². The highest BCUT2D eigenvalue weighted by molar-refractivity contribution is 7.89. The number of aryl methyl sites for hydroxylation is 1. The summed E-state index contributed by atoms with van der Waals surface area (Å²) in [6.07, 6.45) is 7.60. The Hall–Kier alpha value is -1.39. The Morgan fingerprint density at radius 3 is 2.40 bits per heavy atom. The van der Waals surface area contributed by atoms with E-state index >= 15 is 0 Å². The molecule has 0 aromatic carbocycles. The summed E-state index contributed by atoms with van der Waals surface area (Å²) >= 11 is 0. The predicted molar refractivity (Wildman–Crippen MR) is 74.2 cm³/mol. The molecule has 0 aliphatic heterocycles. The quantitative estimate of drug-likeness (QED) is 0.919. The molecule has 1 N–H and O–H groups in total. The van der Waals surface area contributed by atoms with Crippen molar-refractivity contribution in [2.75, 3.05) is 0 Å². The normalized spacial score (nSPS) is 19.8. The van der Waals surface area contributed by atoms with E-state index in [4.69, 9.17) is 0 Å². The van der Waals surface area contributed by atoms with Crippen molar-refractivity contribution in [2.45, 2.75) is 55.5 Å². The van der Waals surface area contributed by atoms with Crippen LogP contribution in [0.25, 0.3) is 0 Å². The topological polar surface area (TPSA) is 87.8 Å². The van der Waals surface area contributed by atoms with Crippen LogP contribution >= 0.6 is 0 Å². The first kappa shape index (κ1) is 15.0. The summed E-state index contributed by atoms with van der Waals surface area (Å²) in [5, 5.41) is 13.5. The lowest BCUT2D eigenvalue weighted by atomic mass is 9.86. The molecule has 0 bridgehead atoms. The zero-order valence-electron chi connectivity index (χ0n) is 11.7. The Morgan fingerprint density at radius 2 is 1.90 bits per heavy atom. The van der Waals surface area contributed by atoms with Gasteiger partial charge in [-0.3, -0.25) is 4.68 Å². The highest BCUT2D eigenvalue weighted by atomic mass is 32.2. The van der Waals surface area contributed by atoms with Gasteiger partial charge >= 0.3 is 0 Å². The largest absolute Gasteiger partial charge is 0.259 e. The zero-order chi connectivity index (χ0) is 14.6. The van der Waals surface area contributed by atoms with Crippen LogP contribution < -0.4 is 4.72 Å². The molecule has 0 spiro atoms. The summed E-state index contributed by atoms with van der Waals surface area (Å²) in [6, 6.07) is 3.64. The lowest BCUT2D eigenvalue weighted by Crippen LogP contribution is -2.48. The second-order valence-electron chi connectivity index (χ2n) is 5.36. The fraction of sp³-hybridized carbons (Fsp3) is 0.692. The summed E-state index contributed by atoms with van der Waals surface area (Å²) in [6.45, 7) is 0. The Labute approximate surface area is 119 Å². The van der Waals surface area contributed by atoms with Crippen LogP contribution in [0.2, 0.25) is 0 Å². The number of nitrogens with one attached hydrogen (secondary N) is 1. The standard InChI is InChI=1S/C13H20N4O2S/c1-17-12(7-10-15-17)20(18,19)16-13(11-14)8-5-3-2-4-6-9-13/h7,10,16H,2-6,8-9H2,1H3. The van der Waals surface area contributed by atoms with Crippen LogP contribution in [0.4, 0.5) is 0 Å². The van der Waals surface area contributed by atoms with E-state index in [1.165, 1.54) is 16.9 Å². The lowest BCUT2D eigenvalue weighted by molar-refractivity contribution is 0.356. The van der Waals surface area contributed by atoms with Gasteiger partial charge in [-0.05, 0) is 18.9 Å². The molecule has 2 rings (SSSR count). The molecular weight excluding hydrogens is 276 g/mol. The van der Waals surface area contributed by atoms with Gasteiger partial charge in [-0.2, -0.15) is 15.1 Å². The summed E-state index contributed by atoms with van der Waals surface area (Å²) < 4.78 is 28.8. The van der Waals surface area contributed by atoms with Crippen molar-refractivity contribution in [2.24, 2.45) is 7.05 Å². The predicted octanol–water partition coefficient (Wildman–Crippen LogP) is 1.71. The maximum absolute atomic E-state index is 12.4. The number of aromatic nitrogens is 2. The highest BCUT2D eigenvalue weighted by Gasteiger charge is 2.36. The van der Waals surface area contributed by atoms with E-state index < -0.39 is 15.6 Å². The molecule has 20 heavy (non-hydrogen) atoms. The van der Waals surface area contributed by atoms with Gasteiger partial charge in [0.1, 0.15) is 5.54 Å². The summed E-state index contributed by atoms with van der Waals surface area (Å²) in [7, 11) is -2.14. The van der Waals surface area contributed by atoms with Gasteiger partial charge in [0, 0.05) is 7.05 Å². The third kappa shape index (κ3) is 3.19. The second kappa shape index (κ2) is 5.94. The Morgan fingerprint density at radius 1 is 1.30 bits per heavy atom. The number of nitriles is 1. The molecule has 1 saturated carbocycles. The second-order valence-corrected chi connectivity index (χ2v) is 6.99. The van der Waals surface area contributed by atoms with Gasteiger partial charge in [0.25, 0.3) is 10.0 Å². The first-order chi connectivity index (χ1) is 9.49. The van der Waals surface area contributed by atoms with E-state index in [9.17, 15) is 13.7 Å². The SMILES string of the molecule is Cn1nccc1S(=O)(=O)NC1(C#N)CCCCCCC1. The third-order valence-corrected chi connectivity index (χ3v) is 5.41. The van der Waals surface area contributed by atoms with E-state index in [2.05, 4.69) is 15.9 Å². The van der Waals surface area contributed by atoms with Crippen LogP contribution in [-0.2, 0) is 17.1 Å². The van der Waals surface area contributed by atoms with Crippen LogP contribution in [-0.4, -0.2) is 23.7 Å². The van der Waals surface area contributed by atoms with Crippen LogP contribution in [0.15, 0.2) is 17.3 Å². The summed E-state index contributed by atoms with van der Waals surface area (Å²) in [4.78, 5) is 0. The molecule has 6 nitrogen and oxygen atoms in total. The molecule has 110 valence electrons. The van der Waals surface area contributed by atoms with E-state index in [-0.39, 0.29) is 5.03 Å². The molecule has 0 atom stereocenters.